The summed E-state index contributed by atoms with van der Waals surface area (Å²) >= 11 is 0. The van der Waals surface area contributed by atoms with Gasteiger partial charge in [0.15, 0.2) is 23.1 Å². The van der Waals surface area contributed by atoms with Crippen LogP contribution in [0.25, 0.3) is 112 Å². The number of furan rings is 1. The minimum absolute atomic E-state index is 0.593. The van der Waals surface area contributed by atoms with E-state index in [1.165, 1.54) is 11.1 Å². The fourth-order valence-corrected chi connectivity index (χ4v) is 7.92. The number of pyridine rings is 1. The molecule has 59 heavy (non-hydrogen) atoms. The van der Waals surface area contributed by atoms with Crippen molar-refractivity contribution in [2.45, 2.75) is 0 Å². The van der Waals surface area contributed by atoms with Crippen LogP contribution in [0.3, 0.4) is 0 Å². The maximum absolute atomic E-state index is 6.60. The van der Waals surface area contributed by atoms with Crippen molar-refractivity contribution in [1.82, 2.24) is 19.9 Å². The van der Waals surface area contributed by atoms with E-state index in [-0.39, 0.29) is 0 Å². The monoisotopic (exact) mass is 754 g/mol. The highest BCUT2D eigenvalue weighted by Gasteiger charge is 2.19. The van der Waals surface area contributed by atoms with Crippen LogP contribution in [-0.2, 0) is 0 Å². The average Bonchev–Trinajstić information content (AvgIpc) is 3.72. The molecule has 0 unspecified atom stereocenters. The van der Waals surface area contributed by atoms with Crippen LogP contribution in [0.5, 0.6) is 0 Å². The quantitative estimate of drug-likeness (QED) is 0.162. The van der Waals surface area contributed by atoms with Crippen LogP contribution < -0.4 is 0 Å². The Morgan fingerprint density at radius 3 is 1.22 bits per heavy atom. The number of benzene rings is 8. The Kier molecular flexibility index (Phi) is 8.41. The molecule has 0 aliphatic heterocycles. The number of aromatic nitrogens is 4. The summed E-state index contributed by atoms with van der Waals surface area (Å²) in [5.74, 6) is 1.83. The summed E-state index contributed by atoms with van der Waals surface area (Å²) in [4.78, 5) is 20.3. The number of rotatable bonds is 7. The van der Waals surface area contributed by atoms with Crippen LogP contribution in [0, 0.1) is 0 Å². The van der Waals surface area contributed by atoms with Gasteiger partial charge in [-0.15, -0.1) is 0 Å². The highest BCUT2D eigenvalue weighted by atomic mass is 16.3. The van der Waals surface area contributed by atoms with E-state index in [0.29, 0.717) is 17.5 Å². The lowest BCUT2D eigenvalue weighted by atomic mass is 9.97. The number of para-hydroxylation sites is 1. The van der Waals surface area contributed by atoms with Gasteiger partial charge in [0, 0.05) is 38.4 Å². The van der Waals surface area contributed by atoms with E-state index in [0.717, 1.165) is 83.0 Å². The molecule has 11 rings (SSSR count). The van der Waals surface area contributed by atoms with Gasteiger partial charge in [-0.2, -0.15) is 0 Å². The first kappa shape index (κ1) is 34.2. The molecule has 0 amide bonds. The van der Waals surface area contributed by atoms with E-state index in [2.05, 4.69) is 152 Å². The second-order valence-electron chi connectivity index (χ2n) is 14.6. The lowest BCUT2D eigenvalue weighted by Crippen LogP contribution is -2.00. The number of fused-ring (bicyclic) bond motifs is 5. The maximum Gasteiger partial charge on any atom is 0.164 e. The predicted molar refractivity (Wildman–Crippen MR) is 240 cm³/mol. The lowest BCUT2D eigenvalue weighted by Gasteiger charge is -2.11. The molecular formula is C54H34N4O. The summed E-state index contributed by atoms with van der Waals surface area (Å²) in [5.41, 5.74) is 13.9. The molecule has 3 heterocycles. The third-order valence-electron chi connectivity index (χ3n) is 11.0. The molecule has 276 valence electrons. The first-order valence-corrected chi connectivity index (χ1v) is 19.7. The van der Waals surface area contributed by atoms with Gasteiger partial charge < -0.3 is 4.42 Å². The molecule has 0 spiro atoms. The molecule has 5 nitrogen and oxygen atoms in total. The Hall–Kier alpha value is -8.02. The van der Waals surface area contributed by atoms with Gasteiger partial charge in [-0.25, -0.2) is 19.9 Å². The molecule has 3 aromatic heterocycles. The van der Waals surface area contributed by atoms with Crippen LogP contribution in [-0.4, -0.2) is 19.9 Å². The first-order chi connectivity index (χ1) is 29.2. The normalized spacial score (nSPS) is 11.4. The third kappa shape index (κ3) is 6.41. The first-order valence-electron chi connectivity index (χ1n) is 19.7. The van der Waals surface area contributed by atoms with E-state index in [1.54, 1.807) is 0 Å². The highest BCUT2D eigenvalue weighted by molar-refractivity contribution is 6.21. The van der Waals surface area contributed by atoms with Crippen molar-refractivity contribution in [2.75, 3.05) is 0 Å². The van der Waals surface area contributed by atoms with Crippen LogP contribution in [0.4, 0.5) is 0 Å². The van der Waals surface area contributed by atoms with Gasteiger partial charge in [-0.3, -0.25) is 0 Å². The van der Waals surface area contributed by atoms with Crippen molar-refractivity contribution >= 4 is 32.8 Å². The number of hydrogen-bond donors (Lipinski definition) is 0. The van der Waals surface area contributed by atoms with Crippen LogP contribution in [0.15, 0.2) is 211 Å². The number of nitrogens with zero attached hydrogens (tertiary/aromatic N) is 4. The standard InChI is InChI=1S/C54H34N4O/c1-4-12-35(13-5-1)37-20-22-39(23-21-37)44-32-33-45-47(34-44)55-50(51-49(45)46-18-10-11-19-48(46)59-51)40-26-30-43(31-27-40)54-57-52(41-16-8-3-9-17-41)56-53(58-54)42-28-24-38(25-29-42)36-14-6-2-7-15-36/h1-34H. The molecule has 11 aromatic rings. The predicted octanol–water partition coefficient (Wildman–Crippen LogP) is 14.0. The summed E-state index contributed by atoms with van der Waals surface area (Å²) in [6, 6.07) is 71.1. The molecule has 0 radical (unpaired) electrons. The second-order valence-corrected chi connectivity index (χ2v) is 14.6. The molecule has 0 bridgehead atoms. The van der Waals surface area contributed by atoms with Crippen molar-refractivity contribution in [3.8, 4) is 78.8 Å². The van der Waals surface area contributed by atoms with Gasteiger partial charge in [-0.1, -0.05) is 194 Å². The summed E-state index contributed by atoms with van der Waals surface area (Å²) in [7, 11) is 0. The van der Waals surface area contributed by atoms with Gasteiger partial charge in [0.1, 0.15) is 11.3 Å². The van der Waals surface area contributed by atoms with E-state index in [1.807, 2.05) is 54.6 Å². The SMILES string of the molecule is c1ccc(-c2ccc(-c3ccc4c(c3)nc(-c3ccc(-c5nc(-c6ccccc6)nc(-c6ccc(-c7ccccc7)cc6)n5)cc3)c3oc5ccccc5c34)cc2)cc1. The van der Waals surface area contributed by atoms with Crippen molar-refractivity contribution in [3.05, 3.63) is 206 Å². The smallest absolute Gasteiger partial charge is 0.164 e. The Bertz CT molecular complexity index is 3270. The molecule has 0 atom stereocenters. The van der Waals surface area contributed by atoms with E-state index >= 15 is 0 Å². The molecule has 0 fully saturated rings. The molecule has 0 aliphatic rings. The second kappa shape index (κ2) is 14.5. The lowest BCUT2D eigenvalue weighted by molar-refractivity contribution is 0.669. The van der Waals surface area contributed by atoms with Crippen molar-refractivity contribution in [1.29, 1.82) is 0 Å². The van der Waals surface area contributed by atoms with Gasteiger partial charge in [0.2, 0.25) is 0 Å². The third-order valence-corrected chi connectivity index (χ3v) is 11.0. The molecule has 0 N–H and O–H groups in total. The van der Waals surface area contributed by atoms with Gasteiger partial charge in [0.05, 0.1) is 5.52 Å². The van der Waals surface area contributed by atoms with Gasteiger partial charge in [0.25, 0.3) is 0 Å². The van der Waals surface area contributed by atoms with Gasteiger partial charge in [-0.05, 0) is 45.5 Å². The van der Waals surface area contributed by atoms with E-state index in [4.69, 9.17) is 24.4 Å². The minimum atomic E-state index is 0.593. The Morgan fingerprint density at radius 2 is 0.678 bits per heavy atom. The largest absolute Gasteiger partial charge is 0.454 e. The maximum atomic E-state index is 6.60. The summed E-state index contributed by atoms with van der Waals surface area (Å²) in [6.07, 6.45) is 0. The fourth-order valence-electron chi connectivity index (χ4n) is 7.92. The topological polar surface area (TPSA) is 64.7 Å². The zero-order valence-electron chi connectivity index (χ0n) is 31.8. The summed E-state index contributed by atoms with van der Waals surface area (Å²) in [6.45, 7) is 0. The van der Waals surface area contributed by atoms with E-state index in [9.17, 15) is 0 Å². The van der Waals surface area contributed by atoms with Crippen molar-refractivity contribution < 1.29 is 4.42 Å². The zero-order valence-corrected chi connectivity index (χ0v) is 31.8. The fraction of sp³-hybridized carbons (Fsp3) is 0. The zero-order chi connectivity index (χ0) is 39.1. The molecule has 8 aromatic carbocycles. The van der Waals surface area contributed by atoms with Crippen molar-refractivity contribution in [2.24, 2.45) is 0 Å². The molecule has 0 saturated carbocycles. The molecule has 0 aliphatic carbocycles. The van der Waals surface area contributed by atoms with Crippen LogP contribution in [0.2, 0.25) is 0 Å². The highest BCUT2D eigenvalue weighted by Crippen LogP contribution is 2.41. The average molecular weight is 755 g/mol. The molecular weight excluding hydrogens is 721 g/mol. The van der Waals surface area contributed by atoms with Crippen molar-refractivity contribution in [3.63, 3.8) is 0 Å². The Labute approximate surface area is 341 Å². The minimum Gasteiger partial charge on any atom is -0.454 e. The Balaban J connectivity index is 0.999. The molecule has 0 saturated heterocycles. The van der Waals surface area contributed by atoms with Gasteiger partial charge >= 0.3 is 0 Å². The summed E-state index contributed by atoms with van der Waals surface area (Å²) < 4.78 is 6.60. The molecule has 5 heteroatoms. The van der Waals surface area contributed by atoms with Crippen LogP contribution >= 0.6 is 0 Å². The summed E-state index contributed by atoms with van der Waals surface area (Å²) in [5, 5.41) is 3.18. The van der Waals surface area contributed by atoms with Crippen LogP contribution in [0.1, 0.15) is 0 Å². The Morgan fingerprint density at radius 1 is 0.288 bits per heavy atom. The van der Waals surface area contributed by atoms with E-state index < -0.39 is 0 Å². The number of hydrogen-bond acceptors (Lipinski definition) is 5.